The molecule has 0 N–H and O–H groups in total. The Morgan fingerprint density at radius 3 is 2.24 bits per heavy atom. The van der Waals surface area contributed by atoms with Gasteiger partial charge in [-0.1, -0.05) is 82.0 Å². The Morgan fingerprint density at radius 1 is 0.780 bits per heavy atom. The van der Waals surface area contributed by atoms with Crippen LogP contribution in [-0.4, -0.2) is 15.0 Å². The minimum absolute atomic E-state index is 0. The summed E-state index contributed by atoms with van der Waals surface area (Å²) >= 11 is 1.77. The van der Waals surface area contributed by atoms with E-state index in [2.05, 4.69) is 108 Å². The molecule has 0 amide bonds. The van der Waals surface area contributed by atoms with Gasteiger partial charge in [-0.25, -0.2) is 4.98 Å². The summed E-state index contributed by atoms with van der Waals surface area (Å²) in [6, 6.07) is 37.3. The van der Waals surface area contributed by atoms with Crippen molar-refractivity contribution in [1.82, 2.24) is 15.0 Å². The Bertz CT molecular complexity index is 2360. The Balaban J connectivity index is 0.000000281. The molecule has 0 aliphatic heterocycles. The van der Waals surface area contributed by atoms with Gasteiger partial charge < -0.3 is 14.4 Å². The summed E-state index contributed by atoms with van der Waals surface area (Å²) in [7, 11) is 0. The third-order valence-electron chi connectivity index (χ3n) is 8.80. The van der Waals surface area contributed by atoms with E-state index in [1.807, 2.05) is 54.7 Å². The van der Waals surface area contributed by atoms with Crippen LogP contribution in [0.3, 0.4) is 0 Å². The van der Waals surface area contributed by atoms with Crippen LogP contribution in [0.25, 0.3) is 65.8 Å². The van der Waals surface area contributed by atoms with Crippen LogP contribution in [-0.2, 0) is 25.5 Å². The van der Waals surface area contributed by atoms with E-state index in [9.17, 15) is 0 Å². The summed E-state index contributed by atoms with van der Waals surface area (Å²) < 4.78 is 7.68. The standard InChI is InChI=1S/C33H31N2OS.C11H8N.Ir/c1-18(2)23-14-26(34-17-25(23)30-19(3)10-8-11-20(30)4)22-13-9-12-21-24-15-29-27(16-28(24)36-31(21)22)35-32(37-29)33(5,6)7;1-2-6-10(7-3-1)11-8-4-5-9-12-11;/h8-12,14-18H,1-7H3;1-6,8-9H;/q2*-1;. The molecule has 8 rings (SSSR count). The van der Waals surface area contributed by atoms with Gasteiger partial charge in [0.05, 0.1) is 20.8 Å². The fraction of sp³-hybridized carbons (Fsp3) is 0.205. The van der Waals surface area contributed by atoms with Crippen LogP contribution >= 0.6 is 11.3 Å². The van der Waals surface area contributed by atoms with Crippen LogP contribution < -0.4 is 0 Å². The predicted octanol–water partition coefficient (Wildman–Crippen LogP) is 12.3. The zero-order chi connectivity index (χ0) is 34.3. The van der Waals surface area contributed by atoms with Crippen LogP contribution in [0.4, 0.5) is 0 Å². The number of hydrogen-bond donors (Lipinski definition) is 0. The van der Waals surface area contributed by atoms with Crippen LogP contribution in [0.5, 0.6) is 0 Å². The van der Waals surface area contributed by atoms with Crippen LogP contribution in [0.1, 0.15) is 62.2 Å². The van der Waals surface area contributed by atoms with Crippen molar-refractivity contribution < 1.29 is 24.5 Å². The van der Waals surface area contributed by atoms with Crippen molar-refractivity contribution >= 4 is 43.5 Å². The van der Waals surface area contributed by atoms with E-state index >= 15 is 0 Å². The Kier molecular flexibility index (Phi) is 10.2. The third kappa shape index (κ3) is 6.93. The molecule has 4 nitrogen and oxygen atoms in total. The first kappa shape index (κ1) is 35.3. The smallest absolute Gasteiger partial charge is 0.123 e. The molecule has 1 radical (unpaired) electrons. The van der Waals surface area contributed by atoms with Gasteiger partial charge in [0.1, 0.15) is 5.58 Å². The second kappa shape index (κ2) is 14.4. The number of fused-ring (bicyclic) bond motifs is 4. The Hall–Kier alpha value is -4.48. The summed E-state index contributed by atoms with van der Waals surface area (Å²) in [5, 5.41) is 3.34. The monoisotopic (exact) mass is 850 g/mol. The van der Waals surface area contributed by atoms with Crippen molar-refractivity contribution in [2.45, 2.75) is 59.8 Å². The van der Waals surface area contributed by atoms with Crippen molar-refractivity contribution in [3.05, 3.63) is 137 Å². The summed E-state index contributed by atoms with van der Waals surface area (Å²) in [4.78, 5) is 14.1. The van der Waals surface area contributed by atoms with E-state index in [-0.39, 0.29) is 25.5 Å². The molecule has 0 spiro atoms. The molecule has 0 atom stereocenters. The second-order valence-corrected chi connectivity index (χ2v) is 14.9. The van der Waals surface area contributed by atoms with E-state index in [0.717, 1.165) is 55.0 Å². The Labute approximate surface area is 312 Å². The van der Waals surface area contributed by atoms with Gasteiger partial charge in [-0.05, 0) is 65.5 Å². The summed E-state index contributed by atoms with van der Waals surface area (Å²) in [6.07, 6.45) is 3.82. The van der Waals surface area contributed by atoms with Crippen molar-refractivity contribution in [1.29, 1.82) is 0 Å². The van der Waals surface area contributed by atoms with Crippen molar-refractivity contribution in [3.63, 3.8) is 0 Å². The van der Waals surface area contributed by atoms with Crippen LogP contribution in [0.15, 0.2) is 108 Å². The first-order chi connectivity index (χ1) is 23.6. The van der Waals surface area contributed by atoms with Gasteiger partial charge in [-0.3, -0.25) is 0 Å². The van der Waals surface area contributed by atoms with Gasteiger partial charge in [-0.2, -0.15) is 0 Å². The zero-order valence-electron chi connectivity index (χ0n) is 29.4. The fourth-order valence-electron chi connectivity index (χ4n) is 6.28. The molecule has 0 fully saturated rings. The average Bonchev–Trinajstić information content (AvgIpc) is 3.69. The fourth-order valence-corrected chi connectivity index (χ4v) is 7.33. The molecule has 0 bridgehead atoms. The first-order valence-corrected chi connectivity index (χ1v) is 17.5. The molecule has 6 heteroatoms. The van der Waals surface area contributed by atoms with Gasteiger partial charge in [0, 0.05) is 54.9 Å². The number of nitrogens with zero attached hydrogens (tertiary/aromatic N) is 3. The van der Waals surface area contributed by atoms with Gasteiger partial charge in [0.15, 0.2) is 0 Å². The third-order valence-corrected chi connectivity index (χ3v) is 10.2. The maximum absolute atomic E-state index is 6.49. The van der Waals surface area contributed by atoms with E-state index in [0.29, 0.717) is 5.92 Å². The van der Waals surface area contributed by atoms with Gasteiger partial charge in [-0.15, -0.1) is 65.4 Å². The minimum Gasteiger partial charge on any atom is -0.501 e. The number of aromatic nitrogens is 3. The van der Waals surface area contributed by atoms with Crippen LogP contribution in [0, 0.1) is 26.0 Å². The maximum Gasteiger partial charge on any atom is 0.123 e. The molecule has 253 valence electrons. The molecule has 4 aromatic carbocycles. The van der Waals surface area contributed by atoms with E-state index in [4.69, 9.17) is 14.4 Å². The van der Waals surface area contributed by atoms with Gasteiger partial charge in [0.25, 0.3) is 0 Å². The molecule has 0 saturated carbocycles. The average molecular weight is 850 g/mol. The molecule has 50 heavy (non-hydrogen) atoms. The van der Waals surface area contributed by atoms with Crippen molar-refractivity contribution in [2.75, 3.05) is 0 Å². The molecule has 0 unspecified atom stereocenters. The number of thiazole rings is 1. The number of furan rings is 1. The normalized spacial score (nSPS) is 11.5. The molecule has 4 heterocycles. The molecule has 0 saturated heterocycles. The molecule has 8 aromatic rings. The Morgan fingerprint density at radius 2 is 1.56 bits per heavy atom. The molecular formula is C44H39IrN3OS-2. The van der Waals surface area contributed by atoms with Gasteiger partial charge >= 0.3 is 0 Å². The topological polar surface area (TPSA) is 51.8 Å². The summed E-state index contributed by atoms with van der Waals surface area (Å²) in [5.74, 6) is 0.348. The summed E-state index contributed by atoms with van der Waals surface area (Å²) in [6.45, 7) is 15.4. The number of benzene rings is 4. The van der Waals surface area contributed by atoms with Gasteiger partial charge in [0.2, 0.25) is 0 Å². The SMILES string of the molecule is Cc1cccc(C)c1-c1cnc(-c2[c-]ccc3c2oc2cc4nc(C(C)(C)C)sc4cc23)cc1C(C)C.[Ir].[c-]1ccccc1-c1ccccn1. The molecular weight excluding hydrogens is 811 g/mol. The zero-order valence-corrected chi connectivity index (χ0v) is 32.6. The van der Waals surface area contributed by atoms with Crippen molar-refractivity contribution in [2.24, 2.45) is 0 Å². The molecule has 0 aliphatic rings. The number of aryl methyl sites for hydroxylation is 2. The summed E-state index contributed by atoms with van der Waals surface area (Å²) in [5.41, 5.74) is 12.8. The quantitative estimate of drug-likeness (QED) is 0.166. The number of rotatable bonds is 4. The first-order valence-electron chi connectivity index (χ1n) is 16.7. The predicted molar refractivity (Wildman–Crippen MR) is 205 cm³/mol. The number of pyridine rings is 2. The second-order valence-electron chi connectivity index (χ2n) is 13.9. The maximum atomic E-state index is 6.49. The van der Waals surface area contributed by atoms with E-state index < -0.39 is 0 Å². The largest absolute Gasteiger partial charge is 0.501 e. The molecule has 4 aromatic heterocycles. The van der Waals surface area contributed by atoms with E-state index in [1.54, 1.807) is 17.5 Å². The van der Waals surface area contributed by atoms with E-state index in [1.165, 1.54) is 32.5 Å². The number of hydrogen-bond acceptors (Lipinski definition) is 5. The minimum atomic E-state index is 0. The van der Waals surface area contributed by atoms with Crippen LogP contribution in [0.2, 0.25) is 0 Å². The molecule has 0 aliphatic carbocycles. The van der Waals surface area contributed by atoms with Crippen molar-refractivity contribution in [3.8, 4) is 33.6 Å².